The summed E-state index contributed by atoms with van der Waals surface area (Å²) in [5, 5.41) is 2.97. The van der Waals surface area contributed by atoms with Gasteiger partial charge in [-0.25, -0.2) is 9.97 Å². The van der Waals surface area contributed by atoms with E-state index in [-0.39, 0.29) is 40.9 Å². The largest absolute Gasteiger partial charge is 0.437 e. The van der Waals surface area contributed by atoms with Crippen molar-refractivity contribution >= 4 is 33.1 Å². The third kappa shape index (κ3) is 5.62. The number of amides is 1. The number of nitrogens with zero attached hydrogens (tertiary/aromatic N) is 3. The number of halogens is 3. The van der Waals surface area contributed by atoms with Gasteiger partial charge in [0, 0.05) is 30.4 Å². The topological polar surface area (TPSA) is 93.4 Å². The van der Waals surface area contributed by atoms with Crippen LogP contribution in [0, 0.1) is 0 Å². The Morgan fingerprint density at radius 1 is 1.17 bits per heavy atom. The summed E-state index contributed by atoms with van der Waals surface area (Å²) in [7, 11) is 0. The lowest BCUT2D eigenvalue weighted by Crippen LogP contribution is -2.32. The van der Waals surface area contributed by atoms with Gasteiger partial charge in [-0.2, -0.15) is 13.2 Å². The van der Waals surface area contributed by atoms with E-state index in [1.54, 1.807) is 29.3 Å². The number of para-hydroxylation sites is 1. The molecule has 11 heteroatoms. The molecule has 0 saturated carbocycles. The van der Waals surface area contributed by atoms with Crippen molar-refractivity contribution in [2.24, 2.45) is 5.73 Å². The summed E-state index contributed by atoms with van der Waals surface area (Å²) < 4.78 is 47.7. The molecule has 7 nitrogen and oxygen atoms in total. The molecule has 1 aromatic carbocycles. The number of ether oxygens (including phenoxy) is 1. The Kier molecular flexibility index (Phi) is 6.94. The lowest BCUT2D eigenvalue weighted by atomic mass is 9.86. The number of nitrogens with two attached hydrogens (primary N) is 1. The van der Waals surface area contributed by atoms with Gasteiger partial charge in [0.15, 0.2) is 10.8 Å². The van der Waals surface area contributed by atoms with Gasteiger partial charge in [-0.15, -0.1) is 0 Å². The predicted octanol–water partition coefficient (Wildman–Crippen LogP) is 6.01. The van der Waals surface area contributed by atoms with Crippen LogP contribution in [0.5, 0.6) is 11.6 Å². The second-order valence-electron chi connectivity index (χ2n) is 9.29. The number of rotatable bonds is 6. The number of alkyl halides is 3. The zero-order valence-electron chi connectivity index (χ0n) is 20.0. The maximum absolute atomic E-state index is 13.8. The summed E-state index contributed by atoms with van der Waals surface area (Å²) in [5.74, 6) is 0.258. The highest BCUT2D eigenvalue weighted by molar-refractivity contribution is 7.19. The number of primary amides is 1. The van der Waals surface area contributed by atoms with E-state index in [2.05, 4.69) is 36.1 Å². The number of hydrogen-bond donors (Lipinski definition) is 2. The third-order valence-electron chi connectivity index (χ3n) is 5.61. The van der Waals surface area contributed by atoms with Crippen molar-refractivity contribution in [3.05, 3.63) is 65.5 Å². The van der Waals surface area contributed by atoms with Gasteiger partial charge in [0.2, 0.25) is 11.8 Å². The average molecular weight is 518 g/mol. The first-order chi connectivity index (χ1) is 16.9. The first kappa shape index (κ1) is 25.5. The number of aromatic nitrogens is 2. The molecule has 0 aliphatic carbocycles. The Hall–Kier alpha value is -3.60. The fourth-order valence-electron chi connectivity index (χ4n) is 3.80. The third-order valence-corrected chi connectivity index (χ3v) is 6.64. The van der Waals surface area contributed by atoms with Gasteiger partial charge in [0.1, 0.15) is 16.4 Å². The van der Waals surface area contributed by atoms with Crippen LogP contribution in [0.4, 0.5) is 29.0 Å². The zero-order chi connectivity index (χ0) is 26.1. The minimum absolute atomic E-state index is 0.0331. The van der Waals surface area contributed by atoms with Crippen LogP contribution in [0.25, 0.3) is 0 Å². The fourth-order valence-corrected chi connectivity index (χ4v) is 4.84. The quantitative estimate of drug-likeness (QED) is 0.416. The monoisotopic (exact) mass is 517 g/mol. The van der Waals surface area contributed by atoms with E-state index in [4.69, 9.17) is 10.5 Å². The molecular weight excluding hydrogens is 491 g/mol. The highest BCUT2D eigenvalue weighted by Crippen LogP contribution is 2.44. The Bertz CT molecular complexity index is 1300. The van der Waals surface area contributed by atoms with Crippen LogP contribution in [-0.2, 0) is 16.4 Å². The van der Waals surface area contributed by atoms with E-state index in [0.29, 0.717) is 17.0 Å². The molecule has 0 fully saturated rings. The molecule has 0 unspecified atom stereocenters. The molecule has 0 saturated heterocycles. The lowest BCUT2D eigenvalue weighted by Gasteiger charge is -2.27. The summed E-state index contributed by atoms with van der Waals surface area (Å²) in [6, 6.07) is 10.9. The molecule has 4 rings (SSSR count). The first-order valence-corrected chi connectivity index (χ1v) is 12.1. The molecule has 3 N–H and O–H groups in total. The second kappa shape index (κ2) is 9.81. The molecule has 0 bridgehead atoms. The van der Waals surface area contributed by atoms with Crippen LogP contribution in [0.3, 0.4) is 0 Å². The summed E-state index contributed by atoms with van der Waals surface area (Å²) in [5.41, 5.74) is 5.87. The fraction of sp³-hybridized carbons (Fsp3) is 0.320. The van der Waals surface area contributed by atoms with Crippen LogP contribution >= 0.6 is 11.3 Å². The number of nitrogens with one attached hydrogen (secondary N) is 1. The summed E-state index contributed by atoms with van der Waals surface area (Å²) in [6.45, 7) is 6.54. The molecule has 3 heterocycles. The van der Waals surface area contributed by atoms with Crippen molar-refractivity contribution < 1.29 is 22.7 Å². The number of anilines is 3. The highest BCUT2D eigenvalue weighted by atomic mass is 32.1. The van der Waals surface area contributed by atoms with Crippen molar-refractivity contribution in [3.8, 4) is 11.6 Å². The molecule has 3 aromatic rings. The van der Waals surface area contributed by atoms with E-state index in [0.717, 1.165) is 16.9 Å². The Morgan fingerprint density at radius 3 is 2.56 bits per heavy atom. The molecular formula is C25H26F3N5O2S. The van der Waals surface area contributed by atoms with Crippen molar-refractivity contribution in [2.75, 3.05) is 23.3 Å². The van der Waals surface area contributed by atoms with Gasteiger partial charge in [0.25, 0.3) is 0 Å². The molecule has 1 aliphatic rings. The summed E-state index contributed by atoms with van der Waals surface area (Å²) >= 11 is 0.875. The maximum atomic E-state index is 13.8. The van der Waals surface area contributed by atoms with Crippen LogP contribution in [0.2, 0.25) is 0 Å². The number of benzene rings is 1. The molecule has 1 amide bonds. The van der Waals surface area contributed by atoms with E-state index in [1.807, 2.05) is 24.3 Å². The Labute approximate surface area is 210 Å². The summed E-state index contributed by atoms with van der Waals surface area (Å²) in [4.78, 5) is 21.1. The summed E-state index contributed by atoms with van der Waals surface area (Å²) in [6.07, 6.45) is -1.29. The number of thiazole rings is 1. The van der Waals surface area contributed by atoms with Crippen LogP contribution in [-0.4, -0.2) is 29.0 Å². The number of carbonyl (C=O) groups excluding carboxylic acids is 1. The average Bonchev–Trinajstić information content (AvgIpc) is 3.25. The molecule has 0 radical (unpaired) electrons. The molecule has 0 atom stereocenters. The van der Waals surface area contributed by atoms with Crippen molar-refractivity contribution in [3.63, 3.8) is 0 Å². The van der Waals surface area contributed by atoms with Crippen LogP contribution in [0.15, 0.2) is 54.2 Å². The van der Waals surface area contributed by atoms with Crippen LogP contribution < -0.4 is 20.7 Å². The van der Waals surface area contributed by atoms with Gasteiger partial charge in [0.05, 0.1) is 0 Å². The van der Waals surface area contributed by atoms with Gasteiger partial charge >= 0.3 is 6.18 Å². The van der Waals surface area contributed by atoms with Crippen molar-refractivity contribution in [2.45, 2.75) is 38.8 Å². The van der Waals surface area contributed by atoms with Crippen LogP contribution in [0.1, 0.15) is 38.4 Å². The minimum atomic E-state index is -4.65. The first-order valence-electron chi connectivity index (χ1n) is 11.2. The number of hydrogen-bond acceptors (Lipinski definition) is 7. The second-order valence-corrected chi connectivity index (χ2v) is 10.3. The molecule has 1 aliphatic heterocycles. The normalized spacial score (nSPS) is 14.4. The van der Waals surface area contributed by atoms with Gasteiger partial charge in [-0.1, -0.05) is 56.4 Å². The molecule has 190 valence electrons. The standard InChI is InChI=1S/C25H26F3N5O2S/c1-24(2,3)16-7-4-5-9-18(16)35-21-17(8-6-12-30-21)31-23-32-19(25(26,27)28)22(36-23)33-13-10-15(11-14-33)20(29)34/h4-10,12H,11,13-14H2,1-3H3,(H2,29,34)(H,31,32). The minimum Gasteiger partial charge on any atom is -0.437 e. The molecule has 0 spiro atoms. The number of carbonyl (C=O) groups is 1. The lowest BCUT2D eigenvalue weighted by molar-refractivity contribution is -0.140. The van der Waals surface area contributed by atoms with E-state index >= 15 is 0 Å². The highest BCUT2D eigenvalue weighted by Gasteiger charge is 2.39. The van der Waals surface area contributed by atoms with Gasteiger partial charge in [-0.3, -0.25) is 4.79 Å². The van der Waals surface area contributed by atoms with Gasteiger partial charge < -0.3 is 20.7 Å². The van der Waals surface area contributed by atoms with E-state index in [9.17, 15) is 18.0 Å². The predicted molar refractivity (Wildman–Crippen MR) is 134 cm³/mol. The SMILES string of the molecule is CC(C)(C)c1ccccc1Oc1ncccc1Nc1nc(C(F)(F)F)c(N2CC=C(C(N)=O)CC2)s1. The number of pyridine rings is 1. The van der Waals surface area contributed by atoms with Gasteiger partial charge in [-0.05, 0) is 30.0 Å². The molecule has 2 aromatic heterocycles. The van der Waals surface area contributed by atoms with Crippen molar-refractivity contribution in [1.29, 1.82) is 0 Å². The Balaban J connectivity index is 1.64. The smallest absolute Gasteiger partial charge is 0.436 e. The van der Waals surface area contributed by atoms with E-state index in [1.165, 1.54) is 0 Å². The molecule has 36 heavy (non-hydrogen) atoms. The van der Waals surface area contributed by atoms with E-state index < -0.39 is 17.8 Å². The maximum Gasteiger partial charge on any atom is 0.436 e. The zero-order valence-corrected chi connectivity index (χ0v) is 20.8. The Morgan fingerprint density at radius 2 is 1.92 bits per heavy atom. The van der Waals surface area contributed by atoms with Crippen molar-refractivity contribution in [1.82, 2.24) is 9.97 Å².